The Morgan fingerprint density at radius 1 is 1.39 bits per heavy atom. The zero-order valence-corrected chi connectivity index (χ0v) is 13.4. The van der Waals surface area contributed by atoms with Gasteiger partial charge in [0.2, 0.25) is 11.8 Å². The number of hydrogen-bond acceptors (Lipinski definition) is 3. The summed E-state index contributed by atoms with van der Waals surface area (Å²) in [5.74, 6) is 0.00579. The van der Waals surface area contributed by atoms with Gasteiger partial charge in [-0.1, -0.05) is 11.6 Å². The summed E-state index contributed by atoms with van der Waals surface area (Å²) in [6.07, 6.45) is 6.95. The quantitative estimate of drug-likeness (QED) is 0.840. The Balaban J connectivity index is 1.75. The number of ether oxygens (including phenoxy) is 1. The molecule has 1 aromatic carbocycles. The maximum Gasteiger partial charge on any atom is 0.228 e. The molecule has 5 heteroatoms. The van der Waals surface area contributed by atoms with E-state index in [1.165, 1.54) is 18.4 Å². The number of benzene rings is 1. The van der Waals surface area contributed by atoms with Gasteiger partial charge in [-0.3, -0.25) is 9.59 Å². The molecule has 1 unspecified atom stereocenters. The summed E-state index contributed by atoms with van der Waals surface area (Å²) in [5.41, 5.74) is 2.80. The maximum atomic E-state index is 12.6. The van der Waals surface area contributed by atoms with E-state index in [4.69, 9.17) is 4.74 Å². The number of carbonyl (C=O) groups is 2. The molecule has 0 radical (unpaired) electrons. The third-order valence-electron chi connectivity index (χ3n) is 4.49. The van der Waals surface area contributed by atoms with Gasteiger partial charge in [0.05, 0.1) is 13.0 Å². The Bertz CT molecular complexity index is 652. The van der Waals surface area contributed by atoms with Gasteiger partial charge in [0, 0.05) is 18.7 Å². The second-order valence-corrected chi connectivity index (χ2v) is 6.08. The van der Waals surface area contributed by atoms with Gasteiger partial charge in [-0.2, -0.15) is 0 Å². The number of amides is 2. The number of rotatable bonds is 4. The highest BCUT2D eigenvalue weighted by Gasteiger charge is 2.31. The molecule has 1 aliphatic carbocycles. The van der Waals surface area contributed by atoms with Gasteiger partial charge in [-0.05, 0) is 49.4 Å². The predicted molar refractivity (Wildman–Crippen MR) is 88.5 cm³/mol. The van der Waals surface area contributed by atoms with Gasteiger partial charge in [0.15, 0.2) is 0 Å². The van der Waals surface area contributed by atoms with Gasteiger partial charge in [0.1, 0.15) is 5.75 Å². The number of carbonyl (C=O) groups excluding carboxylic acids is 2. The number of hydrogen-bond donors (Lipinski definition) is 2. The number of allylic oxidation sites excluding steroid dienone is 1. The fraction of sp³-hybridized carbons (Fsp3) is 0.444. The third-order valence-corrected chi connectivity index (χ3v) is 4.49. The summed E-state index contributed by atoms with van der Waals surface area (Å²) in [6.45, 7) is 0.580. The van der Waals surface area contributed by atoms with Crippen molar-refractivity contribution >= 4 is 17.5 Å². The van der Waals surface area contributed by atoms with Crippen LogP contribution in [0.5, 0.6) is 5.75 Å². The summed E-state index contributed by atoms with van der Waals surface area (Å²) < 4.78 is 5.24. The number of anilines is 1. The molecule has 23 heavy (non-hydrogen) atoms. The fourth-order valence-corrected chi connectivity index (χ4v) is 3.19. The van der Waals surface area contributed by atoms with Gasteiger partial charge < -0.3 is 15.4 Å². The first-order valence-corrected chi connectivity index (χ1v) is 8.11. The second-order valence-electron chi connectivity index (χ2n) is 6.08. The van der Waals surface area contributed by atoms with E-state index in [0.717, 1.165) is 18.4 Å². The Labute approximate surface area is 136 Å². The smallest absolute Gasteiger partial charge is 0.228 e. The lowest BCUT2D eigenvalue weighted by Gasteiger charge is -2.25. The molecule has 0 aromatic heterocycles. The second kappa shape index (κ2) is 6.86. The summed E-state index contributed by atoms with van der Waals surface area (Å²) >= 11 is 0. The lowest BCUT2D eigenvalue weighted by Crippen LogP contribution is -2.36. The van der Waals surface area contributed by atoms with E-state index in [0.29, 0.717) is 18.0 Å². The van der Waals surface area contributed by atoms with Crippen LogP contribution in [0, 0.1) is 0 Å². The highest BCUT2D eigenvalue weighted by Crippen LogP contribution is 2.35. The van der Waals surface area contributed by atoms with E-state index in [-0.39, 0.29) is 18.2 Å². The largest absolute Gasteiger partial charge is 0.497 e. The lowest BCUT2D eigenvalue weighted by molar-refractivity contribution is -0.126. The van der Waals surface area contributed by atoms with E-state index < -0.39 is 5.92 Å². The monoisotopic (exact) mass is 314 g/mol. The Kier molecular flexibility index (Phi) is 4.65. The van der Waals surface area contributed by atoms with E-state index in [9.17, 15) is 9.59 Å². The summed E-state index contributed by atoms with van der Waals surface area (Å²) in [4.78, 5) is 24.5. The zero-order valence-electron chi connectivity index (χ0n) is 13.4. The van der Waals surface area contributed by atoms with Crippen LogP contribution in [-0.2, 0) is 9.59 Å². The van der Waals surface area contributed by atoms with Crippen molar-refractivity contribution in [2.24, 2.45) is 0 Å². The van der Waals surface area contributed by atoms with Crippen molar-refractivity contribution in [1.82, 2.24) is 5.32 Å². The van der Waals surface area contributed by atoms with Crippen LogP contribution in [0.3, 0.4) is 0 Å². The molecule has 0 saturated heterocycles. The molecule has 0 fully saturated rings. The molecule has 1 heterocycles. The predicted octanol–water partition coefficient (Wildman–Crippen LogP) is 2.74. The van der Waals surface area contributed by atoms with Crippen LogP contribution in [0.4, 0.5) is 5.69 Å². The molecular formula is C18H22N2O3. The summed E-state index contributed by atoms with van der Waals surface area (Å²) in [7, 11) is 1.59. The summed E-state index contributed by atoms with van der Waals surface area (Å²) in [6, 6.07) is 5.40. The van der Waals surface area contributed by atoms with E-state index in [1.807, 2.05) is 6.07 Å². The third kappa shape index (κ3) is 3.55. The molecular weight excluding hydrogens is 292 g/mol. The molecule has 1 aromatic rings. The van der Waals surface area contributed by atoms with Crippen LogP contribution >= 0.6 is 0 Å². The highest BCUT2D eigenvalue weighted by atomic mass is 16.5. The number of nitrogens with one attached hydrogen (secondary N) is 2. The first kappa shape index (κ1) is 15.6. The van der Waals surface area contributed by atoms with Gasteiger partial charge in [0.25, 0.3) is 0 Å². The Morgan fingerprint density at radius 2 is 2.26 bits per heavy atom. The number of fused-ring (bicyclic) bond motifs is 1. The van der Waals surface area contributed by atoms with Gasteiger partial charge >= 0.3 is 0 Å². The summed E-state index contributed by atoms with van der Waals surface area (Å²) in [5, 5.41) is 5.81. The average Bonchev–Trinajstić information content (AvgIpc) is 2.59. The average molecular weight is 314 g/mol. The molecule has 5 nitrogen and oxygen atoms in total. The fourth-order valence-electron chi connectivity index (χ4n) is 3.19. The first-order valence-electron chi connectivity index (χ1n) is 8.11. The Hall–Kier alpha value is -2.30. The van der Waals surface area contributed by atoms with E-state index >= 15 is 0 Å². The normalized spacial score (nSPS) is 20.1. The molecule has 2 aliphatic rings. The minimum atomic E-state index is -0.460. The van der Waals surface area contributed by atoms with Crippen molar-refractivity contribution in [2.75, 3.05) is 19.0 Å². The molecule has 0 bridgehead atoms. The molecule has 0 saturated carbocycles. The molecule has 122 valence electrons. The van der Waals surface area contributed by atoms with E-state index in [2.05, 4.69) is 16.7 Å². The minimum Gasteiger partial charge on any atom is -0.497 e. The van der Waals surface area contributed by atoms with Crippen molar-refractivity contribution in [3.63, 3.8) is 0 Å². The standard InChI is InChI=1S/C18H22N2O3/c1-23-13-7-8-16-14(9-13)15(10-17(21)20-16)18(22)19-11-12-5-3-2-4-6-12/h5,7-9,15H,2-4,6,10-11H2,1H3,(H,19,22)(H,20,21). The Morgan fingerprint density at radius 3 is 3.00 bits per heavy atom. The van der Waals surface area contributed by atoms with Crippen molar-refractivity contribution in [3.8, 4) is 5.75 Å². The minimum absolute atomic E-state index is 0.0965. The van der Waals surface area contributed by atoms with Crippen LogP contribution < -0.4 is 15.4 Å². The van der Waals surface area contributed by atoms with Crippen molar-refractivity contribution in [2.45, 2.75) is 38.0 Å². The van der Waals surface area contributed by atoms with Crippen LogP contribution in [0.25, 0.3) is 0 Å². The first-order chi connectivity index (χ1) is 11.2. The van der Waals surface area contributed by atoms with E-state index in [1.54, 1.807) is 19.2 Å². The molecule has 1 atom stereocenters. The van der Waals surface area contributed by atoms with Crippen LogP contribution in [-0.4, -0.2) is 25.5 Å². The molecule has 2 N–H and O–H groups in total. The zero-order chi connectivity index (χ0) is 16.2. The lowest BCUT2D eigenvalue weighted by atomic mass is 9.89. The topological polar surface area (TPSA) is 67.4 Å². The van der Waals surface area contributed by atoms with Crippen LogP contribution in [0.2, 0.25) is 0 Å². The van der Waals surface area contributed by atoms with Crippen molar-refractivity contribution in [1.29, 1.82) is 0 Å². The highest BCUT2D eigenvalue weighted by molar-refractivity contribution is 6.01. The van der Waals surface area contributed by atoms with Gasteiger partial charge in [-0.25, -0.2) is 0 Å². The van der Waals surface area contributed by atoms with Crippen molar-refractivity contribution in [3.05, 3.63) is 35.4 Å². The maximum absolute atomic E-state index is 12.6. The van der Waals surface area contributed by atoms with Gasteiger partial charge in [-0.15, -0.1) is 0 Å². The molecule has 1 aliphatic heterocycles. The number of methoxy groups -OCH3 is 1. The molecule has 2 amide bonds. The van der Waals surface area contributed by atoms with Crippen LogP contribution in [0.1, 0.15) is 43.6 Å². The SMILES string of the molecule is COc1ccc2c(c1)C(C(=O)NCC1=CCCCC1)CC(=O)N2. The van der Waals surface area contributed by atoms with Crippen LogP contribution in [0.15, 0.2) is 29.8 Å². The van der Waals surface area contributed by atoms with Crippen molar-refractivity contribution < 1.29 is 14.3 Å². The molecule has 3 rings (SSSR count). The molecule has 0 spiro atoms.